The number of nitrogens with one attached hydrogen (secondary N) is 7. The van der Waals surface area contributed by atoms with Gasteiger partial charge in [0, 0.05) is 47.4 Å². The number of fused-ring (bicyclic) bond motifs is 1. The van der Waals surface area contributed by atoms with E-state index < -0.39 is 89.8 Å². The number of aromatic hydroxyl groups is 2. The lowest BCUT2D eigenvalue weighted by atomic mass is 9.89. The molecule has 0 bridgehead atoms. The molecule has 0 aliphatic heterocycles. The smallest absolute Gasteiger partial charge is 0.245 e. The van der Waals surface area contributed by atoms with Crippen LogP contribution in [0, 0.1) is 0 Å². The van der Waals surface area contributed by atoms with Crippen molar-refractivity contribution in [2.45, 2.75) is 107 Å². The molecule has 0 spiro atoms. The number of ketones is 1. The molecule has 74 heavy (non-hydrogen) atoms. The number of Topliss-reactive ketones (excluding diaryl/α,β-unsaturated/α-hetero) is 1. The number of para-hydroxylation sites is 1. The molecule has 0 fully saturated rings. The fourth-order valence-electron chi connectivity index (χ4n) is 8.16. The zero-order chi connectivity index (χ0) is 53.9. The number of hydrogen-bond acceptors (Lipinski definition) is 14. The number of unbranched alkanes of at least 4 members (excludes halogenated alkanes) is 1. The Kier molecular flexibility index (Phi) is 22.3. The lowest BCUT2D eigenvalue weighted by Crippen LogP contribution is -2.62. The number of aliphatic hydroxyl groups is 1. The number of benzene rings is 4. The van der Waals surface area contributed by atoms with E-state index >= 15 is 0 Å². The van der Waals surface area contributed by atoms with Gasteiger partial charge in [-0.25, -0.2) is 0 Å². The molecular formula is C53H67N9O10S2. The van der Waals surface area contributed by atoms with Crippen LogP contribution in [0.5, 0.6) is 11.5 Å². The summed E-state index contributed by atoms with van der Waals surface area (Å²) in [6.07, 6.45) is 0.838. The van der Waals surface area contributed by atoms with E-state index in [2.05, 4.69) is 62.1 Å². The number of aromatic nitrogens is 1. The predicted octanol–water partition coefficient (Wildman–Crippen LogP) is 1.59. The fraction of sp³-hybridized carbons (Fsp3) is 0.377. The van der Waals surface area contributed by atoms with Crippen molar-refractivity contribution in [2.24, 2.45) is 11.5 Å². The topological polar surface area (TPSA) is 320 Å². The van der Waals surface area contributed by atoms with Gasteiger partial charge in [0.15, 0.2) is 5.78 Å². The van der Waals surface area contributed by atoms with Crippen molar-refractivity contribution in [3.8, 4) is 11.5 Å². The Bertz CT molecular complexity index is 2670. The highest BCUT2D eigenvalue weighted by molar-refractivity contribution is 7.80. The van der Waals surface area contributed by atoms with Gasteiger partial charge in [0.25, 0.3) is 0 Å². The first-order valence-corrected chi connectivity index (χ1v) is 25.6. The number of aromatic amines is 1. The van der Waals surface area contributed by atoms with Crippen molar-refractivity contribution < 1.29 is 48.9 Å². The highest BCUT2D eigenvalue weighted by Gasteiger charge is 2.36. The van der Waals surface area contributed by atoms with Crippen molar-refractivity contribution in [1.82, 2.24) is 36.9 Å². The summed E-state index contributed by atoms with van der Waals surface area (Å²) in [4.78, 5) is 101. The summed E-state index contributed by atoms with van der Waals surface area (Å²) in [6.45, 7) is 3.22. The molecule has 1 aromatic heterocycles. The van der Waals surface area contributed by atoms with Crippen molar-refractivity contribution >= 4 is 77.4 Å². The van der Waals surface area contributed by atoms with Crippen LogP contribution in [-0.4, -0.2) is 128 Å². The van der Waals surface area contributed by atoms with Crippen LogP contribution in [0.3, 0.4) is 0 Å². The summed E-state index contributed by atoms with van der Waals surface area (Å²) in [5, 5.41) is 47.4. The number of phenolic OH excluding ortho intramolecular Hbond substituents is 2. The maximum atomic E-state index is 14.6. The summed E-state index contributed by atoms with van der Waals surface area (Å²) in [6, 6.07) is 19.3. The van der Waals surface area contributed by atoms with Gasteiger partial charge in [-0.3, -0.25) is 33.6 Å². The molecule has 21 heteroatoms. The van der Waals surface area contributed by atoms with Crippen LogP contribution in [0.4, 0.5) is 0 Å². The van der Waals surface area contributed by atoms with E-state index in [1.54, 1.807) is 61.7 Å². The Hall–Kier alpha value is -6.91. The van der Waals surface area contributed by atoms with E-state index in [1.165, 1.54) is 31.2 Å². The Morgan fingerprint density at radius 2 is 1.07 bits per heavy atom. The molecule has 14 N–H and O–H groups in total. The third-order valence-corrected chi connectivity index (χ3v) is 13.3. The second-order valence-corrected chi connectivity index (χ2v) is 18.9. The third-order valence-electron chi connectivity index (χ3n) is 12.5. The average Bonchev–Trinajstić information content (AvgIpc) is 3.81. The van der Waals surface area contributed by atoms with Gasteiger partial charge in [-0.15, -0.1) is 0 Å². The summed E-state index contributed by atoms with van der Waals surface area (Å²) < 4.78 is 0. The van der Waals surface area contributed by atoms with Gasteiger partial charge in [-0.05, 0) is 91.7 Å². The number of amides is 6. The zero-order valence-electron chi connectivity index (χ0n) is 41.2. The normalized spacial score (nSPS) is 14.9. The standard InChI is InChI=1S/C53H67N9O10S2/c1-30(34-10-4-3-5-11-34)47(66)42(24-32-15-19-36(64)20-16-32)58-52(71)45(29-74)61-53(72)46(31(2)63)62-49(68)41(14-8-9-23-54)57-51(70)44(26-35-27-56-40-13-7-6-12-38(35)40)60-50(69)43(59-48(67)39(55)28-73)25-33-17-21-37(65)22-18-33/h3-7,10-13,15-22,27,30-31,39,41-46,56,63-65,73-74H,8-9,14,23-26,28-29,54-55H2,1-2H3,(H,57,70)(H,58,71)(H,59,67)(H,60,69)(H,61,72)(H,62,68)/t30?,31-,39?,41?,42-,43?,44-,45+,46+/m1/s1. The summed E-state index contributed by atoms with van der Waals surface area (Å²) >= 11 is 8.43. The molecule has 5 rings (SSSR count). The Labute approximate surface area is 440 Å². The maximum Gasteiger partial charge on any atom is 0.245 e. The minimum absolute atomic E-state index is 0.0113. The highest BCUT2D eigenvalue weighted by Crippen LogP contribution is 2.22. The number of phenols is 2. The average molecular weight is 1050 g/mol. The van der Waals surface area contributed by atoms with Gasteiger partial charge in [0.05, 0.1) is 18.2 Å². The highest BCUT2D eigenvalue weighted by atomic mass is 32.1. The van der Waals surface area contributed by atoms with E-state index in [1.807, 2.05) is 30.3 Å². The van der Waals surface area contributed by atoms with Crippen molar-refractivity contribution in [2.75, 3.05) is 18.1 Å². The molecule has 0 aliphatic rings. The number of carbonyl (C=O) groups is 7. The van der Waals surface area contributed by atoms with E-state index in [9.17, 15) is 48.9 Å². The van der Waals surface area contributed by atoms with Crippen LogP contribution in [-0.2, 0) is 52.8 Å². The summed E-state index contributed by atoms with van der Waals surface area (Å²) in [5.41, 5.74) is 15.1. The molecule has 4 aromatic carbocycles. The molecule has 396 valence electrons. The van der Waals surface area contributed by atoms with Crippen LogP contribution < -0.4 is 43.4 Å². The van der Waals surface area contributed by atoms with Crippen LogP contribution in [0.15, 0.2) is 109 Å². The summed E-state index contributed by atoms with van der Waals surface area (Å²) in [5.74, 6) is -6.12. The van der Waals surface area contributed by atoms with Crippen molar-refractivity contribution in [3.05, 3.63) is 132 Å². The fourth-order valence-corrected chi connectivity index (χ4v) is 8.58. The molecule has 0 aliphatic carbocycles. The monoisotopic (exact) mass is 1050 g/mol. The van der Waals surface area contributed by atoms with E-state index in [-0.39, 0.29) is 61.0 Å². The molecule has 1 heterocycles. The van der Waals surface area contributed by atoms with E-state index in [0.29, 0.717) is 29.5 Å². The van der Waals surface area contributed by atoms with Crippen LogP contribution in [0.1, 0.15) is 61.3 Å². The zero-order valence-corrected chi connectivity index (χ0v) is 43.0. The van der Waals surface area contributed by atoms with Gasteiger partial charge in [0.2, 0.25) is 35.4 Å². The number of nitrogens with two attached hydrogens (primary N) is 2. The molecule has 6 amide bonds. The van der Waals surface area contributed by atoms with Crippen LogP contribution >= 0.6 is 25.3 Å². The Morgan fingerprint density at radius 3 is 1.65 bits per heavy atom. The summed E-state index contributed by atoms with van der Waals surface area (Å²) in [7, 11) is 0. The van der Waals surface area contributed by atoms with Crippen LogP contribution in [0.2, 0.25) is 0 Å². The quantitative estimate of drug-likeness (QED) is 0.0251. The van der Waals surface area contributed by atoms with Gasteiger partial charge < -0.3 is 63.7 Å². The molecule has 4 unspecified atom stereocenters. The van der Waals surface area contributed by atoms with Crippen molar-refractivity contribution in [1.29, 1.82) is 0 Å². The van der Waals surface area contributed by atoms with Gasteiger partial charge in [-0.2, -0.15) is 25.3 Å². The Balaban J connectivity index is 1.37. The minimum atomic E-state index is -1.67. The minimum Gasteiger partial charge on any atom is -0.508 e. The molecule has 0 radical (unpaired) electrons. The molecule has 19 nitrogen and oxygen atoms in total. The number of rotatable bonds is 28. The number of aliphatic hydroxyl groups excluding tert-OH is 1. The van der Waals surface area contributed by atoms with Gasteiger partial charge in [-0.1, -0.05) is 79.7 Å². The molecule has 5 aromatic rings. The second kappa shape index (κ2) is 28.5. The molecular weight excluding hydrogens is 987 g/mol. The Morgan fingerprint density at radius 1 is 0.568 bits per heavy atom. The number of H-pyrrole nitrogens is 1. The lowest BCUT2D eigenvalue weighted by molar-refractivity contribution is -0.136. The molecule has 9 atom stereocenters. The number of hydrogen-bond donors (Lipinski definition) is 14. The number of carbonyl (C=O) groups excluding carboxylic acids is 7. The molecule has 0 saturated heterocycles. The first kappa shape index (κ1) is 58.0. The first-order chi connectivity index (χ1) is 35.4. The maximum absolute atomic E-state index is 14.6. The SMILES string of the molecule is CC(C(=O)[C@@H](Cc1ccc(O)cc1)NC(=O)[C@H](CS)NC(=O)[C@@H](NC(=O)C(CCCCN)NC(=O)[C@@H](Cc1c[nH]c2ccccc12)NC(=O)C(Cc1ccc(O)cc1)NC(=O)C(N)CS)[C@@H](C)O)c1ccccc1. The lowest BCUT2D eigenvalue weighted by Gasteiger charge is -2.28. The number of thiol groups is 2. The van der Waals surface area contributed by atoms with Crippen LogP contribution in [0.25, 0.3) is 10.9 Å². The predicted molar refractivity (Wildman–Crippen MR) is 287 cm³/mol. The molecule has 0 saturated carbocycles. The third kappa shape index (κ3) is 16.8. The van der Waals surface area contributed by atoms with Gasteiger partial charge >= 0.3 is 0 Å². The second-order valence-electron chi connectivity index (χ2n) is 18.1. The van der Waals surface area contributed by atoms with E-state index in [4.69, 9.17) is 11.5 Å². The van der Waals surface area contributed by atoms with E-state index in [0.717, 1.165) is 16.5 Å². The van der Waals surface area contributed by atoms with Crippen molar-refractivity contribution in [3.63, 3.8) is 0 Å². The largest absolute Gasteiger partial charge is 0.508 e. The first-order valence-electron chi connectivity index (χ1n) is 24.3. The van der Waals surface area contributed by atoms with Gasteiger partial charge in [0.1, 0.15) is 41.7 Å².